The van der Waals surface area contributed by atoms with Crippen molar-refractivity contribution in [1.82, 2.24) is 24.9 Å². The molecule has 0 radical (unpaired) electrons. The first kappa shape index (κ1) is 17.7. The van der Waals surface area contributed by atoms with Crippen molar-refractivity contribution in [2.24, 2.45) is 12.5 Å². The van der Waals surface area contributed by atoms with Gasteiger partial charge < -0.3 is 14.6 Å². The third kappa shape index (κ3) is 3.18. The van der Waals surface area contributed by atoms with Crippen molar-refractivity contribution >= 4 is 11.9 Å². The number of nitrogens with one attached hydrogen (secondary N) is 1. The molecule has 5 rings (SSSR count). The zero-order valence-corrected chi connectivity index (χ0v) is 16.6. The molecule has 2 fully saturated rings. The second-order valence-corrected chi connectivity index (χ2v) is 8.82. The van der Waals surface area contributed by atoms with Gasteiger partial charge in [0.05, 0.1) is 6.20 Å². The molecule has 2 aliphatic carbocycles. The Balaban J connectivity index is 1.19. The van der Waals surface area contributed by atoms with Crippen LogP contribution in [0.1, 0.15) is 62.1 Å². The molecule has 8 heteroatoms. The molecule has 1 aliphatic heterocycles. The molecule has 2 aromatic rings. The number of fused-ring (bicyclic) bond motifs is 1. The number of carbonyl (C=O) groups is 1. The van der Waals surface area contributed by atoms with Crippen molar-refractivity contribution in [1.29, 1.82) is 0 Å². The number of rotatable bonds is 4. The van der Waals surface area contributed by atoms with Gasteiger partial charge in [-0.15, -0.1) is 5.10 Å². The molecule has 1 N–H and O–H groups in total. The molecule has 3 heterocycles. The van der Waals surface area contributed by atoms with Crippen LogP contribution in [-0.4, -0.2) is 49.9 Å². The summed E-state index contributed by atoms with van der Waals surface area (Å²) in [7, 11) is 1.99. The van der Waals surface area contributed by atoms with Crippen molar-refractivity contribution in [2.45, 2.75) is 63.8 Å². The van der Waals surface area contributed by atoms with Crippen LogP contribution >= 0.6 is 0 Å². The summed E-state index contributed by atoms with van der Waals surface area (Å²) >= 11 is 0. The van der Waals surface area contributed by atoms with Gasteiger partial charge in [-0.1, -0.05) is 5.10 Å². The number of anilines is 1. The van der Waals surface area contributed by atoms with E-state index >= 15 is 0 Å². The Kier molecular flexibility index (Phi) is 4.17. The number of nitrogens with zero attached hydrogens (tertiary/aromatic N) is 5. The van der Waals surface area contributed by atoms with Crippen molar-refractivity contribution < 1.29 is 9.21 Å². The number of hydrogen-bond donors (Lipinski definition) is 1. The number of likely N-dealkylation sites (tertiary alicyclic amines) is 1. The molecular weight excluding hydrogens is 356 g/mol. The SMILES string of the molecule is C[C@H](Nc1nnc([C@@H]2CCc3c(cnn3C)C2)o1)C(=O)N1CCC2(CC1)CC2. The molecule has 3 aliphatic rings. The molecule has 1 saturated carbocycles. The third-order valence-corrected chi connectivity index (χ3v) is 6.94. The van der Waals surface area contributed by atoms with E-state index in [2.05, 4.69) is 20.6 Å². The number of piperidine rings is 1. The maximum absolute atomic E-state index is 12.7. The number of aromatic nitrogens is 4. The fourth-order valence-electron chi connectivity index (χ4n) is 4.75. The van der Waals surface area contributed by atoms with Crippen molar-refractivity contribution in [3.63, 3.8) is 0 Å². The number of aryl methyl sites for hydroxylation is 1. The zero-order valence-electron chi connectivity index (χ0n) is 16.6. The van der Waals surface area contributed by atoms with Gasteiger partial charge in [0.25, 0.3) is 0 Å². The Morgan fingerprint density at radius 3 is 2.82 bits per heavy atom. The average molecular weight is 384 g/mol. The first-order valence-corrected chi connectivity index (χ1v) is 10.4. The lowest BCUT2D eigenvalue weighted by atomic mass is 9.88. The standard InChI is InChI=1S/C20H28N6O2/c1-13(18(27)26-9-7-20(5-6-20)8-10-26)22-19-24-23-17(28-19)14-3-4-16-15(11-14)12-21-25(16)2/h12-14H,3-11H2,1-2H3,(H,22,24)/t13-,14+/m0/s1. The van der Waals surface area contributed by atoms with Gasteiger partial charge in [-0.3, -0.25) is 9.48 Å². The van der Waals surface area contributed by atoms with Gasteiger partial charge in [0.1, 0.15) is 6.04 Å². The van der Waals surface area contributed by atoms with E-state index in [0.717, 1.165) is 45.2 Å². The topological polar surface area (TPSA) is 89.1 Å². The summed E-state index contributed by atoms with van der Waals surface area (Å²) < 4.78 is 7.81. The van der Waals surface area contributed by atoms with Crippen LogP contribution in [0.25, 0.3) is 0 Å². The molecule has 8 nitrogen and oxygen atoms in total. The van der Waals surface area contributed by atoms with E-state index in [1.54, 1.807) is 0 Å². The normalized spacial score (nSPS) is 24.1. The highest BCUT2D eigenvalue weighted by molar-refractivity contribution is 5.83. The van der Waals surface area contributed by atoms with Crippen LogP contribution in [0.2, 0.25) is 0 Å². The first-order valence-electron chi connectivity index (χ1n) is 10.4. The van der Waals surface area contributed by atoms with Crippen molar-refractivity contribution in [3.8, 4) is 0 Å². The fraction of sp³-hybridized carbons (Fsp3) is 0.700. The monoisotopic (exact) mass is 384 g/mol. The number of hydrogen-bond acceptors (Lipinski definition) is 6. The van der Waals surface area contributed by atoms with E-state index in [9.17, 15) is 4.79 Å². The fourth-order valence-corrected chi connectivity index (χ4v) is 4.75. The van der Waals surface area contributed by atoms with Crippen LogP contribution in [0.15, 0.2) is 10.6 Å². The van der Waals surface area contributed by atoms with Crippen LogP contribution < -0.4 is 5.32 Å². The highest BCUT2D eigenvalue weighted by atomic mass is 16.4. The second kappa shape index (κ2) is 6.60. The molecule has 1 spiro atoms. The Labute approximate surface area is 164 Å². The molecule has 2 aromatic heterocycles. The minimum Gasteiger partial charge on any atom is -0.408 e. The predicted octanol–water partition coefficient (Wildman–Crippen LogP) is 2.28. The number of amides is 1. The summed E-state index contributed by atoms with van der Waals surface area (Å²) in [6, 6.07) is -0.0265. The molecule has 1 saturated heterocycles. The van der Waals surface area contributed by atoms with E-state index in [1.165, 1.54) is 24.1 Å². The third-order valence-electron chi connectivity index (χ3n) is 6.94. The molecule has 150 valence electrons. The molecular formula is C20H28N6O2. The molecule has 28 heavy (non-hydrogen) atoms. The molecule has 0 bridgehead atoms. The van der Waals surface area contributed by atoms with Gasteiger partial charge in [0, 0.05) is 31.7 Å². The van der Waals surface area contributed by atoms with Crippen LogP contribution in [0.4, 0.5) is 6.01 Å². The Bertz CT molecular complexity index is 873. The van der Waals surface area contributed by atoms with Gasteiger partial charge in [-0.05, 0) is 62.8 Å². The largest absolute Gasteiger partial charge is 0.408 e. The van der Waals surface area contributed by atoms with Gasteiger partial charge in [0.2, 0.25) is 11.8 Å². The lowest BCUT2D eigenvalue weighted by molar-refractivity contribution is -0.133. The minimum atomic E-state index is -0.363. The molecule has 1 amide bonds. The van der Waals surface area contributed by atoms with E-state index in [0.29, 0.717) is 17.3 Å². The highest BCUT2D eigenvalue weighted by Gasteiger charge is 2.45. The summed E-state index contributed by atoms with van der Waals surface area (Å²) in [6.07, 6.45) is 9.72. The van der Waals surface area contributed by atoms with Gasteiger partial charge in [-0.25, -0.2) is 0 Å². The van der Waals surface area contributed by atoms with E-state index in [4.69, 9.17) is 4.42 Å². The average Bonchev–Trinajstić information content (AvgIpc) is 3.12. The molecule has 0 unspecified atom stereocenters. The lowest BCUT2D eigenvalue weighted by Gasteiger charge is -2.33. The van der Waals surface area contributed by atoms with Crippen molar-refractivity contribution in [3.05, 3.63) is 23.3 Å². The molecule has 0 aromatic carbocycles. The van der Waals surface area contributed by atoms with Crippen LogP contribution in [-0.2, 0) is 24.7 Å². The molecule has 2 atom stereocenters. The quantitative estimate of drug-likeness (QED) is 0.870. The Morgan fingerprint density at radius 1 is 1.29 bits per heavy atom. The Hall–Kier alpha value is -2.38. The smallest absolute Gasteiger partial charge is 0.316 e. The van der Waals surface area contributed by atoms with E-state index < -0.39 is 0 Å². The highest BCUT2D eigenvalue weighted by Crippen LogP contribution is 2.53. The van der Waals surface area contributed by atoms with E-state index in [-0.39, 0.29) is 17.9 Å². The first-order chi connectivity index (χ1) is 13.5. The van der Waals surface area contributed by atoms with Gasteiger partial charge in [-0.2, -0.15) is 5.10 Å². The summed E-state index contributed by atoms with van der Waals surface area (Å²) in [5.74, 6) is 0.973. The minimum absolute atomic E-state index is 0.118. The summed E-state index contributed by atoms with van der Waals surface area (Å²) in [6.45, 7) is 3.61. The summed E-state index contributed by atoms with van der Waals surface area (Å²) in [5.41, 5.74) is 3.12. The second-order valence-electron chi connectivity index (χ2n) is 8.82. The summed E-state index contributed by atoms with van der Waals surface area (Å²) in [4.78, 5) is 14.7. The van der Waals surface area contributed by atoms with Gasteiger partial charge >= 0.3 is 6.01 Å². The maximum atomic E-state index is 12.7. The van der Waals surface area contributed by atoms with E-state index in [1.807, 2.05) is 29.7 Å². The Morgan fingerprint density at radius 2 is 2.07 bits per heavy atom. The van der Waals surface area contributed by atoms with Crippen LogP contribution in [0.5, 0.6) is 0 Å². The van der Waals surface area contributed by atoms with Crippen molar-refractivity contribution in [2.75, 3.05) is 18.4 Å². The van der Waals surface area contributed by atoms with Gasteiger partial charge in [0.15, 0.2) is 0 Å². The zero-order chi connectivity index (χ0) is 19.3. The summed E-state index contributed by atoms with van der Waals surface area (Å²) in [5, 5.41) is 15.8. The lowest BCUT2D eigenvalue weighted by Crippen LogP contribution is -2.45. The maximum Gasteiger partial charge on any atom is 0.316 e. The predicted molar refractivity (Wildman–Crippen MR) is 103 cm³/mol. The number of carbonyl (C=O) groups excluding carboxylic acids is 1. The van der Waals surface area contributed by atoms with Crippen LogP contribution in [0, 0.1) is 5.41 Å². The van der Waals surface area contributed by atoms with Crippen LogP contribution in [0.3, 0.4) is 0 Å².